The molecule has 0 saturated heterocycles. The van der Waals surface area contributed by atoms with Crippen LogP contribution in [0.2, 0.25) is 0 Å². The normalized spacial score (nSPS) is 26.5. The van der Waals surface area contributed by atoms with Gasteiger partial charge < -0.3 is 31.5 Å². The van der Waals surface area contributed by atoms with E-state index in [9.17, 15) is 51.3 Å². The van der Waals surface area contributed by atoms with Crippen LogP contribution in [0.3, 0.4) is 0 Å². The number of aliphatic hydroxyl groups excluding tert-OH is 2. The number of carboxylic acids is 1. The minimum absolute atomic E-state index is 0.330. The highest BCUT2D eigenvalue weighted by Crippen LogP contribution is 2.32. The number of aliphatic hydroxyl groups is 3. The molecule has 2 rings (SSSR count). The van der Waals surface area contributed by atoms with Gasteiger partial charge in [0.15, 0.2) is 0 Å². The van der Waals surface area contributed by atoms with Crippen molar-refractivity contribution in [1.29, 1.82) is 0 Å². The largest absolute Gasteiger partial charge is 0.481 e. The molecule has 2 amide bonds. The molecule has 8 N–H and O–H groups in total. The molecule has 12 nitrogen and oxygen atoms in total. The lowest BCUT2D eigenvalue weighted by atomic mass is 9.78. The van der Waals surface area contributed by atoms with E-state index < -0.39 is 93.6 Å². The molecular weight excluding hydrogens is 491 g/mol. The smallest absolute Gasteiger partial charge is 0.416 e. The summed E-state index contributed by atoms with van der Waals surface area (Å²) in [6.45, 7) is 0. The van der Waals surface area contributed by atoms with Crippen molar-refractivity contribution in [3.63, 3.8) is 0 Å². The van der Waals surface area contributed by atoms with Crippen LogP contribution in [0.15, 0.2) is 29.2 Å². The van der Waals surface area contributed by atoms with Crippen molar-refractivity contribution in [3.8, 4) is 0 Å². The van der Waals surface area contributed by atoms with E-state index in [1.165, 1.54) is 0 Å². The number of carbonyl (C=O) groups is 3. The number of nitrogens with two attached hydrogens (primary N) is 1. The average Bonchev–Trinajstić information content (AvgIpc) is 2.70. The zero-order valence-corrected chi connectivity index (χ0v) is 18.0. The van der Waals surface area contributed by atoms with E-state index in [0.29, 0.717) is 12.1 Å². The van der Waals surface area contributed by atoms with Crippen LogP contribution in [0.4, 0.5) is 13.2 Å². The van der Waals surface area contributed by atoms with Crippen molar-refractivity contribution < 1.29 is 56.4 Å². The third-order valence-corrected chi connectivity index (χ3v) is 6.63. The Labute approximate surface area is 190 Å². The molecule has 5 unspecified atom stereocenters. The number of hydrogen-bond donors (Lipinski definition) is 7. The van der Waals surface area contributed by atoms with E-state index in [-0.39, 0.29) is 0 Å². The van der Waals surface area contributed by atoms with Crippen LogP contribution in [0.1, 0.15) is 24.8 Å². The summed E-state index contributed by atoms with van der Waals surface area (Å²) in [6.07, 6.45) is -11.3. The molecule has 16 heteroatoms. The lowest BCUT2D eigenvalue weighted by Gasteiger charge is -2.41. The minimum Gasteiger partial charge on any atom is -0.481 e. The Balaban J connectivity index is 2.28. The first kappa shape index (κ1) is 27.5. The molecule has 1 aliphatic carbocycles. The fraction of sp³-hybridized carbons (Fsp3) is 0.500. The third kappa shape index (κ3) is 6.41. The molecule has 1 aromatic carbocycles. The highest BCUT2D eigenvalue weighted by molar-refractivity contribution is 7.89. The summed E-state index contributed by atoms with van der Waals surface area (Å²) in [5.41, 5.74) is 1.14. The van der Waals surface area contributed by atoms with Crippen LogP contribution < -0.4 is 15.8 Å². The molecule has 0 heterocycles. The highest BCUT2D eigenvalue weighted by atomic mass is 32.2. The van der Waals surface area contributed by atoms with Gasteiger partial charge >= 0.3 is 12.1 Å². The van der Waals surface area contributed by atoms with Crippen molar-refractivity contribution in [3.05, 3.63) is 29.8 Å². The zero-order valence-electron chi connectivity index (χ0n) is 17.2. The zero-order chi connectivity index (χ0) is 26.1. The average molecular weight is 513 g/mol. The maximum atomic E-state index is 12.9. The molecule has 0 spiro atoms. The number of alkyl halides is 3. The topological polar surface area (TPSA) is 216 Å². The molecule has 1 aliphatic rings. The molecule has 190 valence electrons. The Kier molecular flexibility index (Phi) is 7.94. The van der Waals surface area contributed by atoms with E-state index in [1.54, 1.807) is 0 Å². The summed E-state index contributed by atoms with van der Waals surface area (Å²) in [5.74, 6) is -4.15. The van der Waals surface area contributed by atoms with E-state index in [1.807, 2.05) is 10.0 Å². The first-order valence-corrected chi connectivity index (χ1v) is 11.0. The molecular formula is C18H22F3N3O9S. The van der Waals surface area contributed by atoms with E-state index in [0.717, 1.165) is 12.1 Å². The standard InChI is InChI=1S/C18H22F3N3O9S/c19-18(20,21)8-2-1-3-9(4-8)34(32,33)24-11-6-17(31,7-12(25)14(11)28)16(30)23-10(15(22)29)5-13(26)27/h1-4,10-12,14,24-25,28,31H,5-7H2,(H2,22,29)(H,23,30)(H,26,27). The van der Waals surface area contributed by atoms with Crippen LogP contribution >= 0.6 is 0 Å². The summed E-state index contributed by atoms with van der Waals surface area (Å²) in [5, 5.41) is 41.7. The number of hydrogen-bond acceptors (Lipinski definition) is 8. The van der Waals surface area contributed by atoms with Crippen molar-refractivity contribution in [2.75, 3.05) is 0 Å². The second-order valence-electron chi connectivity index (χ2n) is 7.78. The molecule has 5 atom stereocenters. The fourth-order valence-electron chi connectivity index (χ4n) is 3.40. The van der Waals surface area contributed by atoms with Gasteiger partial charge in [-0.2, -0.15) is 13.2 Å². The van der Waals surface area contributed by atoms with Crippen LogP contribution in [0, 0.1) is 0 Å². The number of nitrogens with one attached hydrogen (secondary N) is 2. The van der Waals surface area contributed by atoms with Gasteiger partial charge in [0.2, 0.25) is 15.9 Å². The molecule has 0 aliphatic heterocycles. The highest BCUT2D eigenvalue weighted by Gasteiger charge is 2.50. The molecule has 0 aromatic heterocycles. The van der Waals surface area contributed by atoms with Crippen LogP contribution in [-0.4, -0.2) is 76.5 Å². The lowest BCUT2D eigenvalue weighted by molar-refractivity contribution is -0.159. The van der Waals surface area contributed by atoms with Crippen molar-refractivity contribution in [1.82, 2.24) is 10.0 Å². The lowest BCUT2D eigenvalue weighted by Crippen LogP contribution is -2.64. The summed E-state index contributed by atoms with van der Waals surface area (Å²) in [4.78, 5) is 33.9. The van der Waals surface area contributed by atoms with Gasteiger partial charge in [-0.15, -0.1) is 0 Å². The van der Waals surface area contributed by atoms with Gasteiger partial charge in [0.25, 0.3) is 5.91 Å². The SMILES string of the molecule is NC(=O)C(CC(=O)O)NC(=O)C1(O)CC(O)C(O)C(NS(=O)(=O)c2cccc(C(F)(F)F)c2)C1. The van der Waals surface area contributed by atoms with Crippen molar-refractivity contribution in [2.24, 2.45) is 5.73 Å². The van der Waals surface area contributed by atoms with Gasteiger partial charge in [0.05, 0.1) is 35.1 Å². The van der Waals surface area contributed by atoms with Gasteiger partial charge in [0.1, 0.15) is 11.6 Å². The first-order chi connectivity index (χ1) is 15.5. The predicted molar refractivity (Wildman–Crippen MR) is 105 cm³/mol. The van der Waals surface area contributed by atoms with Crippen molar-refractivity contribution >= 4 is 27.8 Å². The molecule has 34 heavy (non-hydrogen) atoms. The Hall–Kier alpha value is -2.79. The number of halogens is 3. The number of carbonyl (C=O) groups excluding carboxylic acids is 2. The minimum atomic E-state index is -4.85. The first-order valence-electron chi connectivity index (χ1n) is 9.56. The summed E-state index contributed by atoms with van der Waals surface area (Å²) < 4.78 is 65.9. The summed E-state index contributed by atoms with van der Waals surface area (Å²) in [6, 6.07) is -0.876. The molecule has 1 fully saturated rings. The van der Waals surface area contributed by atoms with Gasteiger partial charge in [0, 0.05) is 12.8 Å². The Morgan fingerprint density at radius 2 is 1.82 bits per heavy atom. The number of primary amides is 1. The Morgan fingerprint density at radius 1 is 1.21 bits per heavy atom. The van der Waals surface area contributed by atoms with Crippen LogP contribution in [-0.2, 0) is 30.6 Å². The van der Waals surface area contributed by atoms with E-state index in [2.05, 4.69) is 0 Å². The monoisotopic (exact) mass is 513 g/mol. The number of benzene rings is 1. The maximum absolute atomic E-state index is 12.9. The molecule has 1 saturated carbocycles. The third-order valence-electron chi connectivity index (χ3n) is 5.14. The maximum Gasteiger partial charge on any atom is 0.416 e. The van der Waals surface area contributed by atoms with Gasteiger partial charge in [-0.1, -0.05) is 6.07 Å². The number of carboxylic acid groups (broad SMARTS) is 1. The Bertz CT molecular complexity index is 1070. The number of sulfonamides is 1. The molecule has 1 aromatic rings. The van der Waals surface area contributed by atoms with Crippen molar-refractivity contribution in [2.45, 2.75) is 60.2 Å². The van der Waals surface area contributed by atoms with Gasteiger partial charge in [-0.25, -0.2) is 13.1 Å². The summed E-state index contributed by atoms with van der Waals surface area (Å²) in [7, 11) is -4.74. The summed E-state index contributed by atoms with van der Waals surface area (Å²) >= 11 is 0. The second-order valence-corrected chi connectivity index (χ2v) is 9.49. The Morgan fingerprint density at radius 3 is 2.35 bits per heavy atom. The number of rotatable bonds is 8. The molecule has 0 radical (unpaired) electrons. The van der Waals surface area contributed by atoms with Crippen LogP contribution in [0.25, 0.3) is 0 Å². The van der Waals surface area contributed by atoms with Gasteiger partial charge in [-0.05, 0) is 18.2 Å². The predicted octanol–water partition coefficient (Wildman–Crippen LogP) is -1.96. The van der Waals surface area contributed by atoms with E-state index >= 15 is 0 Å². The second kappa shape index (κ2) is 9.83. The molecule has 0 bridgehead atoms. The number of amides is 2. The fourth-order valence-corrected chi connectivity index (χ4v) is 4.69. The van der Waals surface area contributed by atoms with Crippen LogP contribution in [0.5, 0.6) is 0 Å². The number of aliphatic carboxylic acids is 1. The van der Waals surface area contributed by atoms with E-state index in [4.69, 9.17) is 10.8 Å². The van der Waals surface area contributed by atoms with Gasteiger partial charge in [-0.3, -0.25) is 14.4 Å². The quantitative estimate of drug-likeness (QED) is 0.205.